The van der Waals surface area contributed by atoms with E-state index in [9.17, 15) is 32.0 Å². The zero-order chi connectivity index (χ0) is 34.9. The van der Waals surface area contributed by atoms with Gasteiger partial charge in [-0.2, -0.15) is 17.8 Å². The normalized spacial score (nSPS) is 19.0. The molecule has 3 aromatic rings. The number of halogens is 4. The number of H-pyrrole nitrogens is 1. The van der Waals surface area contributed by atoms with E-state index in [1.54, 1.807) is 4.90 Å². The molecule has 2 atom stereocenters. The van der Waals surface area contributed by atoms with Crippen LogP contribution >= 0.6 is 35.0 Å². The highest BCUT2D eigenvalue weighted by Gasteiger charge is 2.43. The van der Waals surface area contributed by atoms with E-state index in [4.69, 9.17) is 32.7 Å². The number of thioether (sulfide) groups is 1. The summed E-state index contributed by atoms with van der Waals surface area (Å²) in [4.78, 5) is 30.9. The van der Waals surface area contributed by atoms with E-state index in [-0.39, 0.29) is 74.8 Å². The van der Waals surface area contributed by atoms with Crippen molar-refractivity contribution >= 4 is 56.9 Å². The number of alkyl halides is 2. The number of carbonyl (C=O) groups excluding carboxylic acids is 2. The van der Waals surface area contributed by atoms with Crippen molar-refractivity contribution in [2.24, 2.45) is 5.92 Å². The van der Waals surface area contributed by atoms with Crippen LogP contribution in [0.1, 0.15) is 53.4 Å². The molecule has 12 nitrogen and oxygen atoms in total. The molecule has 3 fully saturated rings. The topological polar surface area (TPSA) is 145 Å². The number of benzene rings is 1. The first-order valence-corrected chi connectivity index (χ1v) is 18.7. The van der Waals surface area contributed by atoms with Gasteiger partial charge >= 0.3 is 12.6 Å². The van der Waals surface area contributed by atoms with Crippen LogP contribution in [0.4, 0.5) is 8.78 Å². The average molecular weight is 762 g/mol. The van der Waals surface area contributed by atoms with Crippen molar-refractivity contribution in [3.63, 3.8) is 0 Å². The number of aromatic nitrogens is 2. The number of likely N-dealkylation sites (tertiary alicyclic amines) is 1. The van der Waals surface area contributed by atoms with Gasteiger partial charge in [0.05, 0.1) is 6.61 Å². The number of nitrogens with zero attached hydrogens (tertiary/aromatic N) is 3. The summed E-state index contributed by atoms with van der Waals surface area (Å²) in [6.45, 7) is -1.68. The third-order valence-electron chi connectivity index (χ3n) is 8.37. The van der Waals surface area contributed by atoms with Crippen LogP contribution in [0.5, 0.6) is 11.5 Å². The Balaban J connectivity index is 1.28. The van der Waals surface area contributed by atoms with E-state index in [1.807, 2.05) is 0 Å². The summed E-state index contributed by atoms with van der Waals surface area (Å²) in [5.41, 5.74) is 0.675. The van der Waals surface area contributed by atoms with Crippen molar-refractivity contribution in [2.75, 3.05) is 32.0 Å². The van der Waals surface area contributed by atoms with Gasteiger partial charge < -0.3 is 29.3 Å². The molecule has 0 unspecified atom stereocenters. The fraction of sp³-hybridized carbons (Fsp3) is 0.452. The fourth-order valence-corrected chi connectivity index (χ4v) is 9.26. The molecule has 264 valence electrons. The second kappa shape index (κ2) is 14.9. The van der Waals surface area contributed by atoms with Crippen LogP contribution < -0.4 is 14.2 Å². The second-order valence-electron chi connectivity index (χ2n) is 11.8. The van der Waals surface area contributed by atoms with Crippen molar-refractivity contribution in [3.8, 4) is 11.5 Å². The molecule has 0 radical (unpaired) electrons. The van der Waals surface area contributed by atoms with Crippen molar-refractivity contribution < 1.29 is 45.7 Å². The maximum absolute atomic E-state index is 13.8. The number of carbonyl (C=O) groups is 2. The van der Waals surface area contributed by atoms with Gasteiger partial charge in [-0.1, -0.05) is 29.3 Å². The molecule has 18 heteroatoms. The van der Waals surface area contributed by atoms with Crippen LogP contribution in [0.25, 0.3) is 0 Å². The third kappa shape index (κ3) is 8.20. The number of nitrogens with one attached hydrogen (secondary N) is 1. The standard InChI is InChI=1S/C31H32Cl2F2N4O8S2/c32-22-15-38(42)16-23(33)21(22)13-26(19-5-6-25(47-31(34)35)27(11-19)45-17-18-3-4-18)46-30(41)29-39(9-10-48-29)49(43,44)20-12-24(36-14-20)28(40)37-7-1-2-8-37/h5-6,11-12,14-16,18,26,29,31,36H,1-4,7-10,13,17H2/t26-,29-/m0/s1. The SMILES string of the molecule is O=C(O[C@@H](Cc1c(Cl)c[n+]([O-])cc1Cl)c1ccc(OC(F)F)c(OCC2CC2)c1)[C@@H]1SCCN1S(=O)(=O)c1c[nH]c(C(=O)N2CCCC2)c1. The summed E-state index contributed by atoms with van der Waals surface area (Å²) in [5.74, 6) is -0.869. The summed E-state index contributed by atoms with van der Waals surface area (Å²) in [7, 11) is -4.26. The lowest BCUT2D eigenvalue weighted by molar-refractivity contribution is -0.605. The van der Waals surface area contributed by atoms with E-state index in [1.165, 1.54) is 30.5 Å². The van der Waals surface area contributed by atoms with Crippen LogP contribution in [0.15, 0.2) is 47.8 Å². The van der Waals surface area contributed by atoms with Crippen LogP contribution in [0.2, 0.25) is 10.0 Å². The summed E-state index contributed by atoms with van der Waals surface area (Å²) in [5, 5.41) is 10.6. The molecule has 2 saturated heterocycles. The maximum atomic E-state index is 13.8. The van der Waals surface area contributed by atoms with Crippen LogP contribution in [-0.2, 0) is 26.0 Å². The molecule has 1 saturated carbocycles. The van der Waals surface area contributed by atoms with Crippen LogP contribution in [0.3, 0.4) is 0 Å². The quantitative estimate of drug-likeness (QED) is 0.142. The molecule has 2 aliphatic heterocycles. The Kier molecular flexibility index (Phi) is 10.8. The molecule has 4 heterocycles. The average Bonchev–Trinajstić information content (AvgIpc) is 3.47. The second-order valence-corrected chi connectivity index (χ2v) is 15.7. The number of hydrogen-bond acceptors (Lipinski definition) is 9. The summed E-state index contributed by atoms with van der Waals surface area (Å²) in [6, 6.07) is 5.34. The monoisotopic (exact) mass is 760 g/mol. The lowest BCUT2D eigenvalue weighted by Crippen LogP contribution is -2.40. The van der Waals surface area contributed by atoms with Crippen molar-refractivity contribution in [2.45, 2.75) is 55.1 Å². The third-order valence-corrected chi connectivity index (χ3v) is 12.2. The highest BCUT2D eigenvalue weighted by atomic mass is 35.5. The lowest BCUT2D eigenvalue weighted by atomic mass is 10.0. The highest BCUT2D eigenvalue weighted by molar-refractivity contribution is 8.02. The van der Waals surface area contributed by atoms with Gasteiger partial charge in [-0.05, 0) is 55.4 Å². The molecule has 1 N–H and O–H groups in total. The Bertz CT molecular complexity index is 1800. The minimum Gasteiger partial charge on any atom is -0.619 e. The van der Waals surface area contributed by atoms with Crippen molar-refractivity contribution in [3.05, 3.63) is 74.9 Å². The number of rotatable bonds is 13. The van der Waals surface area contributed by atoms with Gasteiger partial charge in [0.1, 0.15) is 26.7 Å². The highest BCUT2D eigenvalue weighted by Crippen LogP contribution is 2.39. The fourth-order valence-electron chi connectivity index (χ4n) is 5.62. The van der Waals surface area contributed by atoms with Crippen LogP contribution in [0, 0.1) is 11.1 Å². The minimum atomic E-state index is -4.26. The molecule has 1 aliphatic carbocycles. The Morgan fingerprint density at radius 2 is 1.80 bits per heavy atom. The smallest absolute Gasteiger partial charge is 0.387 e. The molecule has 49 heavy (non-hydrogen) atoms. The predicted molar refractivity (Wildman–Crippen MR) is 175 cm³/mol. The molecule has 2 aromatic heterocycles. The molecule has 0 bridgehead atoms. The minimum absolute atomic E-state index is 0.000380. The van der Waals surface area contributed by atoms with E-state index < -0.39 is 34.1 Å². The number of ether oxygens (including phenoxy) is 3. The van der Waals surface area contributed by atoms with E-state index in [0.717, 1.165) is 54.1 Å². The zero-order valence-corrected chi connectivity index (χ0v) is 29.0. The first-order chi connectivity index (χ1) is 23.4. The van der Waals surface area contributed by atoms with E-state index in [2.05, 4.69) is 9.72 Å². The summed E-state index contributed by atoms with van der Waals surface area (Å²) >= 11 is 13.8. The molecule has 3 aliphatic rings. The van der Waals surface area contributed by atoms with Crippen molar-refractivity contribution in [1.82, 2.24) is 14.2 Å². The van der Waals surface area contributed by atoms with Gasteiger partial charge in [0.2, 0.25) is 10.0 Å². The summed E-state index contributed by atoms with van der Waals surface area (Å²) in [6.07, 6.45) is 5.65. The molecule has 1 amide bonds. The van der Waals surface area contributed by atoms with Gasteiger partial charge in [-0.3, -0.25) is 4.79 Å². The van der Waals surface area contributed by atoms with Gasteiger partial charge in [0, 0.05) is 43.6 Å². The Morgan fingerprint density at radius 3 is 2.47 bits per heavy atom. The number of aromatic amines is 1. The molecule has 0 spiro atoms. The largest absolute Gasteiger partial charge is 0.619 e. The van der Waals surface area contributed by atoms with Gasteiger partial charge in [0.15, 0.2) is 29.3 Å². The zero-order valence-electron chi connectivity index (χ0n) is 25.9. The van der Waals surface area contributed by atoms with Gasteiger partial charge in [0.25, 0.3) is 5.91 Å². The number of hydrogen-bond donors (Lipinski definition) is 1. The number of pyridine rings is 1. The molecule has 6 rings (SSSR count). The molecular formula is C31H32Cl2F2N4O8S2. The summed E-state index contributed by atoms with van der Waals surface area (Å²) < 4.78 is 71.8. The Hall–Kier alpha value is -3.31. The van der Waals surface area contributed by atoms with E-state index in [0.29, 0.717) is 23.4 Å². The lowest BCUT2D eigenvalue weighted by Gasteiger charge is -2.25. The van der Waals surface area contributed by atoms with Crippen LogP contribution in [-0.4, -0.2) is 78.5 Å². The molecular weight excluding hydrogens is 729 g/mol. The maximum Gasteiger partial charge on any atom is 0.387 e. The first-order valence-electron chi connectivity index (χ1n) is 15.5. The predicted octanol–water partition coefficient (Wildman–Crippen LogP) is 5.17. The Labute approximate surface area is 295 Å². The number of sulfonamides is 1. The van der Waals surface area contributed by atoms with Gasteiger partial charge in [-0.25, -0.2) is 13.2 Å². The first kappa shape index (κ1) is 35.5. The Morgan fingerprint density at radius 1 is 1.08 bits per heavy atom. The molecule has 1 aromatic carbocycles. The van der Waals surface area contributed by atoms with E-state index >= 15 is 0 Å². The number of amides is 1. The van der Waals surface area contributed by atoms with Gasteiger partial charge in [-0.15, -0.1) is 11.8 Å². The van der Waals surface area contributed by atoms with Crippen molar-refractivity contribution in [1.29, 1.82) is 0 Å². The number of esters is 1.